The molecule has 4 nitrogen and oxygen atoms in total. The van der Waals surface area contributed by atoms with E-state index in [0.717, 1.165) is 12.8 Å². The van der Waals surface area contributed by atoms with Crippen LogP contribution in [-0.2, 0) is 20.7 Å². The van der Waals surface area contributed by atoms with Crippen molar-refractivity contribution in [2.75, 3.05) is 7.11 Å². The number of aryl methyl sites for hydroxylation is 1. The molecule has 4 heteroatoms. The number of carbonyl (C=O) groups excluding carboxylic acids is 1. The van der Waals surface area contributed by atoms with Crippen LogP contribution in [0.2, 0.25) is 0 Å². The maximum Gasteiger partial charge on any atom is 0.309 e. The van der Waals surface area contributed by atoms with Crippen molar-refractivity contribution in [2.24, 2.45) is 5.92 Å². The van der Waals surface area contributed by atoms with Crippen LogP contribution in [0.1, 0.15) is 24.8 Å². The molecule has 1 N–H and O–H groups in total. The van der Waals surface area contributed by atoms with Gasteiger partial charge in [0.05, 0.1) is 19.4 Å². The molecule has 1 rings (SSSR count). The SMILES string of the molecule is COC(=O)[C@H](CCCc1ccccc1)CC(=O)O. The van der Waals surface area contributed by atoms with Crippen LogP contribution >= 0.6 is 0 Å². The second kappa shape index (κ2) is 7.48. The minimum absolute atomic E-state index is 0.165. The highest BCUT2D eigenvalue weighted by atomic mass is 16.5. The number of carboxylic acids is 1. The van der Waals surface area contributed by atoms with Crippen molar-refractivity contribution in [3.8, 4) is 0 Å². The fourth-order valence-corrected chi connectivity index (χ4v) is 1.88. The lowest BCUT2D eigenvalue weighted by Crippen LogP contribution is -2.20. The first-order valence-corrected chi connectivity index (χ1v) is 5.97. The molecule has 0 amide bonds. The third kappa shape index (κ3) is 4.99. The third-order valence-electron chi connectivity index (χ3n) is 2.82. The number of hydrogen-bond acceptors (Lipinski definition) is 3. The number of carboxylic acid groups (broad SMARTS) is 1. The topological polar surface area (TPSA) is 63.6 Å². The van der Waals surface area contributed by atoms with Gasteiger partial charge < -0.3 is 9.84 Å². The van der Waals surface area contributed by atoms with Crippen molar-refractivity contribution >= 4 is 11.9 Å². The van der Waals surface area contributed by atoms with Gasteiger partial charge in [0.15, 0.2) is 0 Å². The molecule has 0 fully saturated rings. The average Bonchev–Trinajstić information content (AvgIpc) is 2.37. The summed E-state index contributed by atoms with van der Waals surface area (Å²) in [6, 6.07) is 9.91. The third-order valence-corrected chi connectivity index (χ3v) is 2.82. The molecule has 1 atom stereocenters. The average molecular weight is 250 g/mol. The maximum atomic E-state index is 11.4. The second-order valence-electron chi connectivity index (χ2n) is 4.20. The molecule has 0 aliphatic heterocycles. The quantitative estimate of drug-likeness (QED) is 0.754. The number of methoxy groups -OCH3 is 1. The number of rotatable bonds is 7. The highest BCUT2D eigenvalue weighted by Gasteiger charge is 2.21. The molecule has 0 heterocycles. The summed E-state index contributed by atoms with van der Waals surface area (Å²) in [6.07, 6.45) is 1.99. The Morgan fingerprint density at radius 1 is 1.28 bits per heavy atom. The fraction of sp³-hybridized carbons (Fsp3) is 0.429. The molecule has 0 unspecified atom stereocenters. The molecule has 1 aromatic rings. The minimum Gasteiger partial charge on any atom is -0.481 e. The van der Waals surface area contributed by atoms with Crippen LogP contribution in [0.3, 0.4) is 0 Å². The second-order valence-corrected chi connectivity index (χ2v) is 4.20. The van der Waals surface area contributed by atoms with Crippen LogP contribution in [0.15, 0.2) is 30.3 Å². The first-order chi connectivity index (χ1) is 8.63. The van der Waals surface area contributed by atoms with Crippen LogP contribution in [0.25, 0.3) is 0 Å². The van der Waals surface area contributed by atoms with Crippen molar-refractivity contribution in [1.29, 1.82) is 0 Å². The number of carbonyl (C=O) groups is 2. The first-order valence-electron chi connectivity index (χ1n) is 5.97. The van der Waals surface area contributed by atoms with E-state index in [-0.39, 0.29) is 6.42 Å². The van der Waals surface area contributed by atoms with Gasteiger partial charge in [-0.2, -0.15) is 0 Å². The van der Waals surface area contributed by atoms with Gasteiger partial charge in [0.25, 0.3) is 0 Å². The summed E-state index contributed by atoms with van der Waals surface area (Å²) in [7, 11) is 1.29. The molecular formula is C14H18O4. The highest BCUT2D eigenvalue weighted by molar-refractivity contribution is 5.78. The van der Waals surface area contributed by atoms with Gasteiger partial charge in [-0.3, -0.25) is 9.59 Å². The van der Waals surface area contributed by atoms with Gasteiger partial charge in [0.2, 0.25) is 0 Å². The Labute approximate surface area is 107 Å². The molecule has 0 spiro atoms. The van der Waals surface area contributed by atoms with E-state index in [1.165, 1.54) is 12.7 Å². The molecule has 18 heavy (non-hydrogen) atoms. The van der Waals surface area contributed by atoms with E-state index in [1.807, 2.05) is 30.3 Å². The van der Waals surface area contributed by atoms with E-state index in [4.69, 9.17) is 5.11 Å². The van der Waals surface area contributed by atoms with E-state index in [9.17, 15) is 9.59 Å². The lowest BCUT2D eigenvalue weighted by atomic mass is 9.97. The Bertz CT molecular complexity index is 386. The van der Waals surface area contributed by atoms with E-state index < -0.39 is 17.9 Å². The zero-order valence-corrected chi connectivity index (χ0v) is 10.5. The largest absolute Gasteiger partial charge is 0.481 e. The Morgan fingerprint density at radius 3 is 2.50 bits per heavy atom. The van der Waals surface area contributed by atoms with E-state index >= 15 is 0 Å². The minimum atomic E-state index is -0.967. The van der Waals surface area contributed by atoms with Gasteiger partial charge >= 0.3 is 11.9 Å². The molecule has 0 saturated heterocycles. The summed E-state index contributed by atoms with van der Waals surface area (Å²) in [5, 5.41) is 8.74. The normalized spacial score (nSPS) is 11.8. The van der Waals surface area contributed by atoms with Crippen LogP contribution < -0.4 is 0 Å². The van der Waals surface area contributed by atoms with Crippen molar-refractivity contribution in [3.05, 3.63) is 35.9 Å². The van der Waals surface area contributed by atoms with Crippen LogP contribution in [0, 0.1) is 5.92 Å². The van der Waals surface area contributed by atoms with Gasteiger partial charge in [-0.25, -0.2) is 0 Å². The van der Waals surface area contributed by atoms with E-state index in [0.29, 0.717) is 6.42 Å². The van der Waals surface area contributed by atoms with Crippen molar-refractivity contribution in [3.63, 3.8) is 0 Å². The van der Waals surface area contributed by atoms with Crippen molar-refractivity contribution < 1.29 is 19.4 Å². The smallest absolute Gasteiger partial charge is 0.309 e. The maximum absolute atomic E-state index is 11.4. The number of esters is 1. The lowest BCUT2D eigenvalue weighted by molar-refractivity contribution is -0.151. The summed E-state index contributed by atoms with van der Waals surface area (Å²) in [4.78, 5) is 22.1. The summed E-state index contributed by atoms with van der Waals surface area (Å²) < 4.78 is 4.61. The Hall–Kier alpha value is -1.84. The summed E-state index contributed by atoms with van der Waals surface area (Å²) in [5.74, 6) is -1.95. The predicted octanol–water partition coefficient (Wildman–Crippen LogP) is 2.27. The summed E-state index contributed by atoms with van der Waals surface area (Å²) in [5.41, 5.74) is 1.19. The van der Waals surface area contributed by atoms with Crippen LogP contribution in [0.4, 0.5) is 0 Å². The molecule has 0 bridgehead atoms. The zero-order chi connectivity index (χ0) is 13.4. The van der Waals surface area contributed by atoms with Gasteiger partial charge in [0, 0.05) is 0 Å². The predicted molar refractivity (Wildman–Crippen MR) is 67.1 cm³/mol. The summed E-state index contributed by atoms with van der Waals surface area (Å²) in [6.45, 7) is 0. The molecule has 0 aliphatic rings. The molecule has 98 valence electrons. The number of hydrogen-bond donors (Lipinski definition) is 1. The summed E-state index contributed by atoms with van der Waals surface area (Å²) >= 11 is 0. The van der Waals surface area contributed by atoms with E-state index in [2.05, 4.69) is 4.74 Å². The molecule has 0 saturated carbocycles. The Kier molecular flexibility index (Phi) is 5.91. The van der Waals surface area contributed by atoms with Crippen molar-refractivity contribution in [2.45, 2.75) is 25.7 Å². The van der Waals surface area contributed by atoms with Crippen molar-refractivity contribution in [1.82, 2.24) is 0 Å². The first kappa shape index (κ1) is 14.2. The number of benzene rings is 1. The van der Waals surface area contributed by atoms with E-state index in [1.54, 1.807) is 0 Å². The lowest BCUT2D eigenvalue weighted by Gasteiger charge is -2.12. The molecular weight excluding hydrogens is 232 g/mol. The fourth-order valence-electron chi connectivity index (χ4n) is 1.88. The number of aliphatic carboxylic acids is 1. The van der Waals surface area contributed by atoms with Gasteiger partial charge in [-0.15, -0.1) is 0 Å². The Morgan fingerprint density at radius 2 is 1.94 bits per heavy atom. The van der Waals surface area contributed by atoms with Gasteiger partial charge in [-0.05, 0) is 24.8 Å². The zero-order valence-electron chi connectivity index (χ0n) is 10.5. The standard InChI is InChI=1S/C14H18O4/c1-18-14(17)12(10-13(15)16)9-5-8-11-6-3-2-4-7-11/h2-4,6-7,12H,5,8-10H2,1H3,(H,15,16)/t12-/m1/s1. The van der Waals surface area contributed by atoms with Crippen LogP contribution in [-0.4, -0.2) is 24.2 Å². The molecule has 0 radical (unpaired) electrons. The molecule has 0 aromatic heterocycles. The van der Waals surface area contributed by atoms with Crippen LogP contribution in [0.5, 0.6) is 0 Å². The van der Waals surface area contributed by atoms with Gasteiger partial charge in [0.1, 0.15) is 0 Å². The molecule has 0 aliphatic carbocycles. The highest BCUT2D eigenvalue weighted by Crippen LogP contribution is 2.15. The Balaban J connectivity index is 2.42. The number of ether oxygens (including phenoxy) is 1. The van der Waals surface area contributed by atoms with Gasteiger partial charge in [-0.1, -0.05) is 30.3 Å². The molecule has 1 aromatic carbocycles. The monoisotopic (exact) mass is 250 g/mol.